The molecule has 6 heteroatoms. The molecule has 6 nitrogen and oxygen atoms in total. The molecule has 2 aromatic carbocycles. The average Bonchev–Trinajstić information content (AvgIpc) is 3.58. The first-order valence-electron chi connectivity index (χ1n) is 18.3. The van der Waals surface area contributed by atoms with Crippen molar-refractivity contribution < 1.29 is 19.7 Å². The minimum Gasteiger partial charge on any atom is -0.507 e. The number of phenols is 2. The van der Waals surface area contributed by atoms with Crippen LogP contribution in [-0.2, 0) is 44.2 Å². The van der Waals surface area contributed by atoms with Gasteiger partial charge in [0.1, 0.15) is 11.5 Å². The number of aromatic hydroxyl groups is 2. The summed E-state index contributed by atoms with van der Waals surface area (Å²) in [4.78, 5) is 4.91. The van der Waals surface area contributed by atoms with Crippen molar-refractivity contribution in [1.29, 1.82) is 0 Å². The van der Waals surface area contributed by atoms with Gasteiger partial charge in [-0.1, -0.05) is 107 Å². The van der Waals surface area contributed by atoms with Gasteiger partial charge < -0.3 is 19.7 Å². The SMILES string of the molecule is COC[C@@H]1CCCN1Cc1cc(C(C)(C)C)cc(C(C)(C)C)c1O.COC[C@@H]1CCCN1Cc1cc(C(C)(C)C)cc(C(C)(C)C)c1O. The Morgan fingerprint density at radius 3 is 1.17 bits per heavy atom. The summed E-state index contributed by atoms with van der Waals surface area (Å²) >= 11 is 0. The molecule has 2 fully saturated rings. The number of methoxy groups -OCH3 is 2. The third-order valence-corrected chi connectivity index (χ3v) is 10.2. The van der Waals surface area contributed by atoms with E-state index in [0.29, 0.717) is 23.6 Å². The average molecular weight is 667 g/mol. The number of hydrogen-bond acceptors (Lipinski definition) is 6. The highest BCUT2D eigenvalue weighted by Gasteiger charge is 2.31. The molecule has 0 bridgehead atoms. The molecular formula is C42H70N2O4. The van der Waals surface area contributed by atoms with E-state index in [9.17, 15) is 10.2 Å². The van der Waals surface area contributed by atoms with Gasteiger partial charge in [0, 0.05) is 50.5 Å². The number of benzene rings is 2. The summed E-state index contributed by atoms with van der Waals surface area (Å²) in [5.41, 5.74) is 6.78. The number of phenolic OH excluding ortho intramolecular Hbond substituents is 2. The molecule has 2 saturated heterocycles. The fourth-order valence-corrected chi connectivity index (χ4v) is 7.05. The summed E-state index contributed by atoms with van der Waals surface area (Å²) < 4.78 is 10.8. The summed E-state index contributed by atoms with van der Waals surface area (Å²) in [6.07, 6.45) is 4.78. The lowest BCUT2D eigenvalue weighted by Gasteiger charge is -2.30. The summed E-state index contributed by atoms with van der Waals surface area (Å²) in [6, 6.07) is 9.71. The molecule has 0 aliphatic carbocycles. The minimum absolute atomic E-state index is 0.0688. The molecule has 0 unspecified atom stereocenters. The van der Waals surface area contributed by atoms with Crippen LogP contribution in [0.3, 0.4) is 0 Å². The highest BCUT2D eigenvalue weighted by atomic mass is 16.5. The molecule has 2 aliphatic rings. The van der Waals surface area contributed by atoms with Gasteiger partial charge in [0.05, 0.1) is 13.2 Å². The zero-order chi connectivity index (χ0) is 36.2. The topological polar surface area (TPSA) is 65.4 Å². The Morgan fingerprint density at radius 2 is 0.896 bits per heavy atom. The lowest BCUT2D eigenvalue weighted by molar-refractivity contribution is 0.111. The van der Waals surface area contributed by atoms with Crippen molar-refractivity contribution in [2.24, 2.45) is 0 Å². The van der Waals surface area contributed by atoms with Crippen LogP contribution < -0.4 is 0 Å². The van der Waals surface area contributed by atoms with E-state index in [-0.39, 0.29) is 21.7 Å². The number of rotatable bonds is 8. The third kappa shape index (κ3) is 10.4. The largest absolute Gasteiger partial charge is 0.507 e. The maximum absolute atomic E-state index is 10.9. The Labute approximate surface area is 294 Å². The molecular weight excluding hydrogens is 596 g/mol. The first kappa shape index (κ1) is 40.3. The Bertz CT molecular complexity index is 1240. The van der Waals surface area contributed by atoms with Crippen LogP contribution in [0.2, 0.25) is 0 Å². The Balaban J connectivity index is 0.000000260. The van der Waals surface area contributed by atoms with Crippen LogP contribution in [0.1, 0.15) is 142 Å². The smallest absolute Gasteiger partial charge is 0.123 e. The van der Waals surface area contributed by atoms with E-state index in [2.05, 4.69) is 117 Å². The molecule has 0 saturated carbocycles. The molecule has 0 radical (unpaired) electrons. The van der Waals surface area contributed by atoms with Gasteiger partial charge in [-0.3, -0.25) is 9.80 Å². The second-order valence-corrected chi connectivity index (χ2v) is 18.5. The molecule has 0 spiro atoms. The van der Waals surface area contributed by atoms with Crippen LogP contribution in [0, 0.1) is 0 Å². The van der Waals surface area contributed by atoms with Gasteiger partial charge in [0.25, 0.3) is 0 Å². The number of ether oxygens (including phenoxy) is 2. The monoisotopic (exact) mass is 667 g/mol. The molecule has 48 heavy (non-hydrogen) atoms. The molecule has 2 aromatic rings. The molecule has 272 valence electrons. The second-order valence-electron chi connectivity index (χ2n) is 18.5. The number of hydrogen-bond donors (Lipinski definition) is 2. The Kier molecular flexibility index (Phi) is 13.3. The van der Waals surface area contributed by atoms with E-state index < -0.39 is 0 Å². The fraction of sp³-hybridized carbons (Fsp3) is 0.714. The van der Waals surface area contributed by atoms with E-state index in [1.54, 1.807) is 14.2 Å². The number of likely N-dealkylation sites (tertiary alicyclic amines) is 2. The minimum atomic E-state index is -0.0724. The maximum Gasteiger partial charge on any atom is 0.123 e. The molecule has 4 rings (SSSR count). The van der Waals surface area contributed by atoms with E-state index >= 15 is 0 Å². The quantitative estimate of drug-likeness (QED) is 0.293. The fourth-order valence-electron chi connectivity index (χ4n) is 7.05. The first-order valence-corrected chi connectivity index (χ1v) is 18.3. The van der Waals surface area contributed by atoms with E-state index in [0.717, 1.165) is 61.6 Å². The molecule has 0 amide bonds. The van der Waals surface area contributed by atoms with Crippen molar-refractivity contribution in [3.05, 3.63) is 57.6 Å². The standard InChI is InChI=1S/2C21H35NO2/c2*1-20(2,3)16-11-15(19(23)18(12-16)21(4,5)6)13-22-10-8-9-17(22)14-24-7/h2*11-12,17,23H,8-10,13-14H2,1-7H3/t2*17-/m00/s1. The van der Waals surface area contributed by atoms with Crippen molar-refractivity contribution >= 4 is 0 Å². The molecule has 2 heterocycles. The van der Waals surface area contributed by atoms with Gasteiger partial charge in [-0.05, 0) is 82.7 Å². The molecule has 2 atom stereocenters. The van der Waals surface area contributed by atoms with Crippen molar-refractivity contribution in [2.75, 3.05) is 40.5 Å². The van der Waals surface area contributed by atoms with Crippen molar-refractivity contribution in [3.8, 4) is 11.5 Å². The van der Waals surface area contributed by atoms with E-state index in [1.807, 2.05) is 0 Å². The summed E-state index contributed by atoms with van der Waals surface area (Å²) in [5, 5.41) is 21.9. The number of nitrogens with zero attached hydrogens (tertiary/aromatic N) is 2. The lowest BCUT2D eigenvalue weighted by atomic mass is 9.79. The van der Waals surface area contributed by atoms with Gasteiger partial charge in [-0.2, -0.15) is 0 Å². The first-order chi connectivity index (χ1) is 22.1. The molecule has 2 aliphatic heterocycles. The van der Waals surface area contributed by atoms with E-state index in [1.165, 1.54) is 36.8 Å². The summed E-state index contributed by atoms with van der Waals surface area (Å²) in [6.45, 7) is 31.7. The normalized spacial score (nSPS) is 19.9. The second kappa shape index (κ2) is 15.8. The van der Waals surface area contributed by atoms with Crippen LogP contribution in [-0.4, -0.2) is 72.6 Å². The maximum atomic E-state index is 10.9. The van der Waals surface area contributed by atoms with Gasteiger partial charge in [0.2, 0.25) is 0 Å². The van der Waals surface area contributed by atoms with Gasteiger partial charge in [-0.25, -0.2) is 0 Å². The van der Waals surface area contributed by atoms with Crippen molar-refractivity contribution in [1.82, 2.24) is 9.80 Å². The van der Waals surface area contributed by atoms with Crippen LogP contribution in [0.15, 0.2) is 24.3 Å². The predicted octanol–water partition coefficient (Wildman–Crippen LogP) is 9.20. The predicted molar refractivity (Wildman–Crippen MR) is 202 cm³/mol. The zero-order valence-electron chi connectivity index (χ0n) is 33.1. The van der Waals surface area contributed by atoms with Crippen LogP contribution in [0.25, 0.3) is 0 Å². The Morgan fingerprint density at radius 1 is 0.562 bits per heavy atom. The van der Waals surface area contributed by atoms with Gasteiger partial charge >= 0.3 is 0 Å². The highest BCUT2D eigenvalue weighted by Crippen LogP contribution is 2.40. The summed E-state index contributed by atoms with van der Waals surface area (Å²) in [5.74, 6) is 0.942. The van der Waals surface area contributed by atoms with Crippen LogP contribution in [0.4, 0.5) is 0 Å². The zero-order valence-corrected chi connectivity index (χ0v) is 33.1. The van der Waals surface area contributed by atoms with Crippen LogP contribution >= 0.6 is 0 Å². The van der Waals surface area contributed by atoms with Crippen LogP contribution in [0.5, 0.6) is 11.5 Å². The van der Waals surface area contributed by atoms with E-state index in [4.69, 9.17) is 9.47 Å². The van der Waals surface area contributed by atoms with Crippen molar-refractivity contribution in [3.63, 3.8) is 0 Å². The van der Waals surface area contributed by atoms with Crippen molar-refractivity contribution in [2.45, 2.75) is 156 Å². The third-order valence-electron chi connectivity index (χ3n) is 10.2. The highest BCUT2D eigenvalue weighted by molar-refractivity contribution is 5.50. The molecule has 0 aromatic heterocycles. The Hall–Kier alpha value is -2.12. The summed E-state index contributed by atoms with van der Waals surface area (Å²) in [7, 11) is 3.54. The molecule has 2 N–H and O–H groups in total. The van der Waals surface area contributed by atoms with Gasteiger partial charge in [0.15, 0.2) is 0 Å². The lowest BCUT2D eigenvalue weighted by Crippen LogP contribution is -2.32. The van der Waals surface area contributed by atoms with Gasteiger partial charge in [-0.15, -0.1) is 0 Å².